The zero-order valence-corrected chi connectivity index (χ0v) is 24.5. The lowest BCUT2D eigenvalue weighted by molar-refractivity contribution is 0.953. The second-order valence-corrected chi connectivity index (χ2v) is 11.2. The number of hydrogen-bond acceptors (Lipinski definition) is 3. The van der Waals surface area contributed by atoms with Crippen molar-refractivity contribution >= 4 is 49.3 Å². The van der Waals surface area contributed by atoms with Gasteiger partial charge in [0, 0.05) is 38.4 Å². The third-order valence-corrected chi connectivity index (χ3v) is 8.60. The number of rotatable bonds is 4. The molecule has 3 aromatic heterocycles. The van der Waals surface area contributed by atoms with Gasteiger partial charge in [-0.3, -0.25) is 4.57 Å². The van der Waals surface area contributed by atoms with E-state index in [2.05, 4.69) is 105 Å². The first-order valence-electron chi connectivity index (χ1n) is 15.1. The fraction of sp³-hybridized carbons (Fsp3) is 0. The molecule has 0 unspecified atom stereocenters. The van der Waals surface area contributed by atoms with Gasteiger partial charge in [0.05, 0.1) is 28.6 Å². The SMILES string of the molecule is [C-]#[N+]c1ccc(-c2nc(-c3ccccc3)nc(-n3c4ccccc4c4cc(-n5c6ccccc6c6ccccc65)ccc43)n2)cc1. The molecule has 0 spiro atoms. The lowest BCUT2D eigenvalue weighted by Crippen LogP contribution is -2.06. The molecule has 0 amide bonds. The molecule has 6 nitrogen and oxygen atoms in total. The summed E-state index contributed by atoms with van der Waals surface area (Å²) in [7, 11) is 0. The van der Waals surface area contributed by atoms with Crippen LogP contribution in [0.5, 0.6) is 0 Å². The topological polar surface area (TPSA) is 52.9 Å². The Labute approximate surface area is 264 Å². The summed E-state index contributed by atoms with van der Waals surface area (Å²) in [5, 5.41) is 4.69. The Balaban J connectivity index is 1.31. The minimum atomic E-state index is 0.536. The quantitative estimate of drug-likeness (QED) is 0.192. The zero-order valence-electron chi connectivity index (χ0n) is 24.5. The molecule has 0 saturated carbocycles. The third-order valence-electron chi connectivity index (χ3n) is 8.60. The molecule has 9 aromatic rings. The summed E-state index contributed by atoms with van der Waals surface area (Å²) >= 11 is 0. The molecule has 0 aliphatic heterocycles. The van der Waals surface area contributed by atoms with Crippen LogP contribution in [0.25, 0.3) is 82.9 Å². The predicted octanol–water partition coefficient (Wildman–Crippen LogP) is 9.95. The molecule has 6 heteroatoms. The van der Waals surface area contributed by atoms with E-state index in [1.54, 1.807) is 12.1 Å². The van der Waals surface area contributed by atoms with E-state index >= 15 is 0 Å². The van der Waals surface area contributed by atoms with Gasteiger partial charge in [-0.05, 0) is 36.4 Å². The van der Waals surface area contributed by atoms with Crippen LogP contribution in [0, 0.1) is 6.57 Å². The summed E-state index contributed by atoms with van der Waals surface area (Å²) < 4.78 is 4.48. The van der Waals surface area contributed by atoms with Crippen molar-refractivity contribution in [2.24, 2.45) is 0 Å². The van der Waals surface area contributed by atoms with Crippen molar-refractivity contribution in [3.05, 3.63) is 157 Å². The van der Waals surface area contributed by atoms with Crippen LogP contribution in [-0.4, -0.2) is 24.1 Å². The van der Waals surface area contributed by atoms with E-state index in [1.807, 2.05) is 42.5 Å². The summed E-state index contributed by atoms with van der Waals surface area (Å²) in [5.74, 6) is 1.67. The Morgan fingerprint density at radius 3 is 1.54 bits per heavy atom. The van der Waals surface area contributed by atoms with Crippen molar-refractivity contribution in [3.63, 3.8) is 0 Å². The molecule has 0 atom stereocenters. The van der Waals surface area contributed by atoms with Gasteiger partial charge in [0.2, 0.25) is 5.95 Å². The van der Waals surface area contributed by atoms with Crippen LogP contribution in [0.2, 0.25) is 0 Å². The van der Waals surface area contributed by atoms with E-state index in [0.29, 0.717) is 23.3 Å². The summed E-state index contributed by atoms with van der Waals surface area (Å²) in [6.45, 7) is 7.37. The Morgan fingerprint density at radius 1 is 0.435 bits per heavy atom. The average molecular weight is 589 g/mol. The molecule has 9 rings (SSSR count). The van der Waals surface area contributed by atoms with Crippen molar-refractivity contribution in [3.8, 4) is 34.4 Å². The van der Waals surface area contributed by atoms with Gasteiger partial charge in [-0.25, -0.2) is 9.83 Å². The van der Waals surface area contributed by atoms with Crippen LogP contribution in [0.15, 0.2) is 146 Å². The molecule has 46 heavy (non-hydrogen) atoms. The number of para-hydroxylation sites is 3. The Hall–Kier alpha value is -6.58. The van der Waals surface area contributed by atoms with Gasteiger partial charge in [-0.2, -0.15) is 9.97 Å². The van der Waals surface area contributed by atoms with E-state index in [-0.39, 0.29) is 0 Å². The number of benzene rings is 6. The van der Waals surface area contributed by atoms with Crippen molar-refractivity contribution in [1.29, 1.82) is 0 Å². The highest BCUT2D eigenvalue weighted by molar-refractivity contribution is 6.12. The highest BCUT2D eigenvalue weighted by atomic mass is 15.2. The van der Waals surface area contributed by atoms with Gasteiger partial charge in [-0.15, -0.1) is 0 Å². The maximum atomic E-state index is 7.37. The molecule has 0 radical (unpaired) electrons. The highest BCUT2D eigenvalue weighted by Gasteiger charge is 2.19. The lowest BCUT2D eigenvalue weighted by atomic mass is 10.1. The van der Waals surface area contributed by atoms with Crippen LogP contribution in [0.3, 0.4) is 0 Å². The monoisotopic (exact) mass is 588 g/mol. The number of nitrogens with zero attached hydrogens (tertiary/aromatic N) is 6. The van der Waals surface area contributed by atoms with Gasteiger partial charge < -0.3 is 4.57 Å². The minimum absolute atomic E-state index is 0.536. The Kier molecular flexibility index (Phi) is 5.77. The maximum absolute atomic E-state index is 7.37. The standard InChI is InChI=1S/C40H24N6/c1-41-28-21-19-27(20-22-28)39-42-38(26-11-3-2-4-12-26)43-40(44-39)46-36-18-10-7-15-32(36)33-25-29(23-24-37(33)46)45-34-16-8-5-13-30(34)31-14-6-9-17-35(31)45/h2-25H. The smallest absolute Gasteiger partial charge is 0.238 e. The molecule has 0 fully saturated rings. The molecule has 6 aromatic carbocycles. The van der Waals surface area contributed by atoms with Gasteiger partial charge in [-0.1, -0.05) is 109 Å². The molecule has 0 aliphatic carbocycles. The molecular formula is C40H24N6. The second-order valence-electron chi connectivity index (χ2n) is 11.2. The summed E-state index contributed by atoms with van der Waals surface area (Å²) in [6, 6.07) is 49.5. The number of fused-ring (bicyclic) bond motifs is 6. The average Bonchev–Trinajstić information content (AvgIpc) is 3.64. The molecule has 0 saturated heterocycles. The van der Waals surface area contributed by atoms with Crippen molar-refractivity contribution in [2.75, 3.05) is 0 Å². The first-order chi connectivity index (χ1) is 22.8. The molecular weight excluding hydrogens is 564 g/mol. The van der Waals surface area contributed by atoms with Gasteiger partial charge >= 0.3 is 0 Å². The van der Waals surface area contributed by atoms with E-state index in [9.17, 15) is 0 Å². The molecule has 0 aliphatic rings. The van der Waals surface area contributed by atoms with Crippen LogP contribution in [0.1, 0.15) is 0 Å². The fourth-order valence-electron chi connectivity index (χ4n) is 6.51. The summed E-state index contributed by atoms with van der Waals surface area (Å²) in [6.07, 6.45) is 0. The highest BCUT2D eigenvalue weighted by Crippen LogP contribution is 2.37. The van der Waals surface area contributed by atoms with E-state index in [4.69, 9.17) is 21.5 Å². The third kappa shape index (κ3) is 4.00. The predicted molar refractivity (Wildman–Crippen MR) is 186 cm³/mol. The normalized spacial score (nSPS) is 11.5. The van der Waals surface area contributed by atoms with Crippen molar-refractivity contribution in [1.82, 2.24) is 24.1 Å². The summed E-state index contributed by atoms with van der Waals surface area (Å²) in [5.41, 5.74) is 7.75. The molecule has 0 bridgehead atoms. The first kappa shape index (κ1) is 25.9. The van der Waals surface area contributed by atoms with E-state index in [1.165, 1.54) is 21.8 Å². The maximum Gasteiger partial charge on any atom is 0.238 e. The molecule has 0 N–H and O–H groups in total. The van der Waals surface area contributed by atoms with Crippen LogP contribution >= 0.6 is 0 Å². The Morgan fingerprint density at radius 2 is 0.935 bits per heavy atom. The fourth-order valence-corrected chi connectivity index (χ4v) is 6.51. The number of aromatic nitrogens is 5. The van der Waals surface area contributed by atoms with Crippen LogP contribution in [0.4, 0.5) is 5.69 Å². The minimum Gasteiger partial charge on any atom is -0.309 e. The van der Waals surface area contributed by atoms with Crippen molar-refractivity contribution in [2.45, 2.75) is 0 Å². The first-order valence-corrected chi connectivity index (χ1v) is 15.1. The van der Waals surface area contributed by atoms with Gasteiger partial charge in [0.25, 0.3) is 0 Å². The second kappa shape index (κ2) is 10.3. The Bertz CT molecular complexity index is 2590. The van der Waals surface area contributed by atoms with Gasteiger partial charge in [0.1, 0.15) is 0 Å². The zero-order chi connectivity index (χ0) is 30.6. The van der Waals surface area contributed by atoms with Gasteiger partial charge in [0.15, 0.2) is 17.3 Å². The van der Waals surface area contributed by atoms with E-state index in [0.717, 1.165) is 38.6 Å². The largest absolute Gasteiger partial charge is 0.309 e. The van der Waals surface area contributed by atoms with E-state index < -0.39 is 0 Å². The van der Waals surface area contributed by atoms with Crippen LogP contribution in [-0.2, 0) is 0 Å². The lowest BCUT2D eigenvalue weighted by Gasteiger charge is -2.11. The van der Waals surface area contributed by atoms with Crippen molar-refractivity contribution < 1.29 is 0 Å². The summed E-state index contributed by atoms with van der Waals surface area (Å²) in [4.78, 5) is 18.5. The molecule has 3 heterocycles. The van der Waals surface area contributed by atoms with Crippen LogP contribution < -0.4 is 0 Å². The number of hydrogen-bond donors (Lipinski definition) is 0. The molecule has 214 valence electrons.